The lowest BCUT2D eigenvalue weighted by Gasteiger charge is -2.13. The second-order valence-electron chi connectivity index (χ2n) is 5.90. The van der Waals surface area contributed by atoms with Crippen molar-refractivity contribution in [2.45, 2.75) is 39.3 Å². The molecule has 1 aliphatic rings. The summed E-state index contributed by atoms with van der Waals surface area (Å²) in [5.74, 6) is 0.0263. The van der Waals surface area contributed by atoms with Crippen LogP contribution in [0.1, 0.15) is 32.3 Å². The Labute approximate surface area is 121 Å². The summed E-state index contributed by atoms with van der Waals surface area (Å²) >= 11 is 3.36. The first-order chi connectivity index (χ1) is 8.85. The van der Waals surface area contributed by atoms with Crippen LogP contribution in [0.25, 0.3) is 0 Å². The van der Waals surface area contributed by atoms with Crippen molar-refractivity contribution in [3.8, 4) is 0 Å². The number of halogens is 1. The van der Waals surface area contributed by atoms with E-state index in [9.17, 15) is 4.79 Å². The van der Waals surface area contributed by atoms with Gasteiger partial charge in [-0.3, -0.25) is 9.48 Å². The maximum Gasteiger partial charge on any atom is 0.222 e. The van der Waals surface area contributed by atoms with E-state index in [0.29, 0.717) is 13.0 Å². The SMILES string of the molecule is Cn1cc(CNC(=O)CC2CC(C)(C)CO2)c(Br)n1. The maximum absolute atomic E-state index is 11.9. The molecule has 1 unspecified atom stereocenters. The third-order valence-electron chi connectivity index (χ3n) is 3.23. The minimum Gasteiger partial charge on any atom is -0.377 e. The van der Waals surface area contributed by atoms with Gasteiger partial charge in [0.1, 0.15) is 4.60 Å². The molecule has 106 valence electrons. The third-order valence-corrected chi connectivity index (χ3v) is 3.90. The van der Waals surface area contributed by atoms with E-state index in [1.54, 1.807) is 4.68 Å². The first-order valence-electron chi connectivity index (χ1n) is 6.42. The van der Waals surface area contributed by atoms with Crippen LogP contribution >= 0.6 is 15.9 Å². The number of carbonyl (C=O) groups excluding carboxylic acids is 1. The lowest BCUT2D eigenvalue weighted by molar-refractivity contribution is -0.123. The van der Waals surface area contributed by atoms with Gasteiger partial charge in [-0.15, -0.1) is 0 Å². The molecule has 0 spiro atoms. The molecule has 1 fully saturated rings. The molecule has 1 N–H and O–H groups in total. The van der Waals surface area contributed by atoms with Crippen molar-refractivity contribution in [2.24, 2.45) is 12.5 Å². The van der Waals surface area contributed by atoms with Crippen LogP contribution in [0.4, 0.5) is 0 Å². The molecule has 1 atom stereocenters. The van der Waals surface area contributed by atoms with Gasteiger partial charge in [-0.25, -0.2) is 0 Å². The molecule has 1 aromatic heterocycles. The molecular formula is C13H20BrN3O2. The molecule has 0 saturated carbocycles. The Hall–Kier alpha value is -0.880. The van der Waals surface area contributed by atoms with Gasteiger partial charge in [0.25, 0.3) is 0 Å². The summed E-state index contributed by atoms with van der Waals surface area (Å²) in [4.78, 5) is 11.9. The van der Waals surface area contributed by atoms with Crippen LogP contribution in [0.2, 0.25) is 0 Å². The zero-order chi connectivity index (χ0) is 14.0. The number of nitrogens with one attached hydrogen (secondary N) is 1. The predicted molar refractivity (Wildman–Crippen MR) is 75.5 cm³/mol. The lowest BCUT2D eigenvalue weighted by atomic mass is 9.90. The highest BCUT2D eigenvalue weighted by Crippen LogP contribution is 2.32. The standard InChI is InChI=1S/C13H20BrN3O2/c1-13(2)5-10(19-8-13)4-11(18)15-6-9-7-17(3)16-12(9)14/h7,10H,4-6,8H2,1-3H3,(H,15,18). The molecule has 0 bridgehead atoms. The zero-order valence-corrected chi connectivity index (χ0v) is 13.2. The highest BCUT2D eigenvalue weighted by Gasteiger charge is 2.32. The number of aromatic nitrogens is 2. The third kappa shape index (κ3) is 4.04. The fraction of sp³-hybridized carbons (Fsp3) is 0.692. The number of ether oxygens (including phenoxy) is 1. The van der Waals surface area contributed by atoms with Gasteiger partial charge < -0.3 is 10.1 Å². The summed E-state index contributed by atoms with van der Waals surface area (Å²) in [6, 6.07) is 0. The summed E-state index contributed by atoms with van der Waals surface area (Å²) in [7, 11) is 1.85. The van der Waals surface area contributed by atoms with E-state index in [0.717, 1.165) is 23.2 Å². The van der Waals surface area contributed by atoms with E-state index in [4.69, 9.17) is 4.74 Å². The van der Waals surface area contributed by atoms with Gasteiger partial charge in [0.15, 0.2) is 0 Å². The van der Waals surface area contributed by atoms with Crippen LogP contribution in [0.3, 0.4) is 0 Å². The van der Waals surface area contributed by atoms with Crippen LogP contribution in [-0.2, 0) is 23.1 Å². The molecule has 1 saturated heterocycles. The molecule has 2 rings (SSSR count). The number of nitrogens with zero attached hydrogens (tertiary/aromatic N) is 2. The molecule has 2 heterocycles. The van der Waals surface area contributed by atoms with E-state index in [-0.39, 0.29) is 17.4 Å². The number of amides is 1. The molecule has 0 aliphatic carbocycles. The monoisotopic (exact) mass is 329 g/mol. The second kappa shape index (κ2) is 5.63. The predicted octanol–water partition coefficient (Wildman–Crippen LogP) is 2.00. The van der Waals surface area contributed by atoms with Crippen molar-refractivity contribution >= 4 is 21.8 Å². The van der Waals surface area contributed by atoms with Crippen molar-refractivity contribution in [3.05, 3.63) is 16.4 Å². The van der Waals surface area contributed by atoms with Gasteiger partial charge in [0, 0.05) is 25.4 Å². The summed E-state index contributed by atoms with van der Waals surface area (Å²) in [6.45, 7) is 5.55. The average molecular weight is 330 g/mol. The molecular weight excluding hydrogens is 310 g/mol. The van der Waals surface area contributed by atoms with E-state index in [1.807, 2.05) is 13.2 Å². The van der Waals surface area contributed by atoms with E-state index < -0.39 is 0 Å². The minimum atomic E-state index is 0.0263. The van der Waals surface area contributed by atoms with Crippen molar-refractivity contribution in [3.63, 3.8) is 0 Å². The van der Waals surface area contributed by atoms with Crippen molar-refractivity contribution in [1.82, 2.24) is 15.1 Å². The highest BCUT2D eigenvalue weighted by atomic mass is 79.9. The molecule has 1 aliphatic heterocycles. The quantitative estimate of drug-likeness (QED) is 0.919. The smallest absolute Gasteiger partial charge is 0.222 e. The maximum atomic E-state index is 11.9. The molecule has 0 aromatic carbocycles. The Bertz CT molecular complexity index is 470. The molecule has 19 heavy (non-hydrogen) atoms. The van der Waals surface area contributed by atoms with Gasteiger partial charge >= 0.3 is 0 Å². The van der Waals surface area contributed by atoms with Gasteiger partial charge in [-0.1, -0.05) is 13.8 Å². The van der Waals surface area contributed by atoms with Gasteiger partial charge in [0.2, 0.25) is 5.91 Å². The number of hydrogen-bond donors (Lipinski definition) is 1. The Morgan fingerprint density at radius 2 is 2.42 bits per heavy atom. The Balaban J connectivity index is 1.78. The van der Waals surface area contributed by atoms with Crippen LogP contribution in [-0.4, -0.2) is 28.4 Å². The van der Waals surface area contributed by atoms with Crippen molar-refractivity contribution in [1.29, 1.82) is 0 Å². The first-order valence-corrected chi connectivity index (χ1v) is 7.21. The fourth-order valence-corrected chi connectivity index (χ4v) is 2.80. The largest absolute Gasteiger partial charge is 0.377 e. The number of aryl methyl sites for hydroxylation is 1. The summed E-state index contributed by atoms with van der Waals surface area (Å²) in [5.41, 5.74) is 1.17. The van der Waals surface area contributed by atoms with Gasteiger partial charge in [-0.2, -0.15) is 5.10 Å². The first kappa shape index (κ1) is 14.5. The van der Waals surface area contributed by atoms with Gasteiger partial charge in [-0.05, 0) is 27.8 Å². The molecule has 0 radical (unpaired) electrons. The average Bonchev–Trinajstić information content (AvgIpc) is 2.78. The minimum absolute atomic E-state index is 0.0263. The summed E-state index contributed by atoms with van der Waals surface area (Å²) in [5, 5.41) is 7.07. The Morgan fingerprint density at radius 1 is 1.68 bits per heavy atom. The van der Waals surface area contributed by atoms with Crippen LogP contribution in [0.5, 0.6) is 0 Å². The van der Waals surface area contributed by atoms with E-state index in [1.165, 1.54) is 0 Å². The van der Waals surface area contributed by atoms with Crippen molar-refractivity contribution < 1.29 is 9.53 Å². The van der Waals surface area contributed by atoms with Crippen LogP contribution in [0, 0.1) is 5.41 Å². The normalized spacial score (nSPS) is 21.6. The van der Waals surface area contributed by atoms with Crippen LogP contribution in [0.15, 0.2) is 10.8 Å². The van der Waals surface area contributed by atoms with E-state index in [2.05, 4.69) is 40.2 Å². The Kier molecular flexibility index (Phi) is 4.30. The topological polar surface area (TPSA) is 56.2 Å². The fourth-order valence-electron chi connectivity index (χ4n) is 2.31. The highest BCUT2D eigenvalue weighted by molar-refractivity contribution is 9.10. The molecule has 6 heteroatoms. The number of carbonyl (C=O) groups is 1. The van der Waals surface area contributed by atoms with Gasteiger partial charge in [0.05, 0.1) is 19.1 Å². The molecule has 1 aromatic rings. The lowest BCUT2D eigenvalue weighted by Crippen LogP contribution is -2.27. The second-order valence-corrected chi connectivity index (χ2v) is 6.65. The summed E-state index contributed by atoms with van der Waals surface area (Å²) in [6.07, 6.45) is 3.31. The number of hydrogen-bond acceptors (Lipinski definition) is 3. The number of rotatable bonds is 4. The Morgan fingerprint density at radius 3 is 2.95 bits per heavy atom. The van der Waals surface area contributed by atoms with Crippen LogP contribution < -0.4 is 5.32 Å². The zero-order valence-electron chi connectivity index (χ0n) is 11.6. The molecule has 5 nitrogen and oxygen atoms in total. The van der Waals surface area contributed by atoms with E-state index >= 15 is 0 Å². The summed E-state index contributed by atoms with van der Waals surface area (Å²) < 4.78 is 8.12. The van der Waals surface area contributed by atoms with Crippen molar-refractivity contribution in [2.75, 3.05) is 6.61 Å². The molecule has 1 amide bonds.